The van der Waals surface area contributed by atoms with Crippen LogP contribution in [0.1, 0.15) is 0 Å². The number of cyclic esters (lactones) is 1. The number of aliphatic hydroxyl groups is 1. The fraction of sp³-hybridized carbons (Fsp3) is 0.750. The molecule has 8 heavy (non-hydrogen) atoms. The van der Waals surface area contributed by atoms with Gasteiger partial charge in [-0.25, -0.2) is 4.79 Å². The predicted octanol–water partition coefficient (Wildman–Crippen LogP) is -0.612. The van der Waals surface area contributed by atoms with Gasteiger partial charge in [0.15, 0.2) is 0 Å². The quantitative estimate of drug-likeness (QED) is 0.498. The van der Waals surface area contributed by atoms with Gasteiger partial charge in [-0.05, 0) is 0 Å². The molecule has 1 fully saturated rings. The third kappa shape index (κ3) is 0.742. The van der Waals surface area contributed by atoms with Crippen LogP contribution in [-0.4, -0.2) is 36.0 Å². The molecular weight excluding hydrogens is 110 g/mol. The van der Waals surface area contributed by atoms with Crippen molar-refractivity contribution >= 4 is 6.09 Å². The smallest absolute Gasteiger partial charge is 0.411 e. The molecule has 1 saturated heterocycles. The molecule has 0 radical (unpaired) electrons. The molecule has 0 unspecified atom stereocenters. The zero-order valence-electron chi connectivity index (χ0n) is 4.33. The number of carbonyl (C=O) groups excluding carboxylic acids is 1. The van der Waals surface area contributed by atoms with Crippen molar-refractivity contribution in [1.29, 1.82) is 0 Å². The van der Waals surface area contributed by atoms with Crippen LogP contribution < -0.4 is 0 Å². The highest BCUT2D eigenvalue weighted by molar-refractivity contribution is 5.68. The number of ether oxygens (including phenoxy) is 1. The Bertz CT molecular complexity index is 103. The van der Waals surface area contributed by atoms with E-state index in [9.17, 15) is 4.79 Å². The zero-order chi connectivity index (χ0) is 5.98. The van der Waals surface area contributed by atoms with E-state index >= 15 is 0 Å². The molecule has 0 spiro atoms. The lowest BCUT2D eigenvalue weighted by molar-refractivity contribution is 0.119. The normalized spacial score (nSPS) is 19.1. The fourth-order valence-electron chi connectivity index (χ4n) is 0.554. The van der Waals surface area contributed by atoms with Crippen molar-refractivity contribution in [2.45, 2.75) is 0 Å². The van der Waals surface area contributed by atoms with Gasteiger partial charge >= 0.3 is 6.09 Å². The summed E-state index contributed by atoms with van der Waals surface area (Å²) in [5.74, 6) is 0. The average Bonchev–Trinajstić information content (AvgIpc) is 2.14. The Hall–Kier alpha value is -0.770. The maximum atomic E-state index is 10.3. The number of amides is 1. The van der Waals surface area contributed by atoms with E-state index in [0.29, 0.717) is 13.2 Å². The van der Waals surface area contributed by atoms with Crippen LogP contribution in [0.3, 0.4) is 0 Å². The number of nitrogens with zero attached hydrogens (tertiary/aromatic N) is 1. The van der Waals surface area contributed by atoms with Crippen molar-refractivity contribution in [1.82, 2.24) is 4.90 Å². The molecule has 0 aliphatic carbocycles. The molecule has 1 N–H and O–H groups in total. The van der Waals surface area contributed by atoms with Gasteiger partial charge in [0.2, 0.25) is 0 Å². The van der Waals surface area contributed by atoms with Crippen molar-refractivity contribution in [3.05, 3.63) is 0 Å². The van der Waals surface area contributed by atoms with Crippen LogP contribution in [0.25, 0.3) is 0 Å². The third-order valence-corrected chi connectivity index (χ3v) is 1.02. The highest BCUT2D eigenvalue weighted by Crippen LogP contribution is 1.99. The molecule has 0 aromatic rings. The molecule has 1 rings (SSSR count). The first kappa shape index (κ1) is 5.37. The summed E-state index contributed by atoms with van der Waals surface area (Å²) in [5, 5.41) is 8.36. The van der Waals surface area contributed by atoms with Gasteiger partial charge in [-0.3, -0.25) is 4.90 Å². The van der Waals surface area contributed by atoms with E-state index in [4.69, 9.17) is 5.11 Å². The van der Waals surface area contributed by atoms with E-state index in [1.165, 1.54) is 4.90 Å². The summed E-state index contributed by atoms with van der Waals surface area (Å²) in [7, 11) is 0. The summed E-state index contributed by atoms with van der Waals surface area (Å²) in [5.41, 5.74) is 0. The van der Waals surface area contributed by atoms with Crippen molar-refractivity contribution in [2.75, 3.05) is 19.9 Å². The molecule has 1 amide bonds. The summed E-state index contributed by atoms with van der Waals surface area (Å²) in [6, 6.07) is 0. The molecule has 1 aliphatic heterocycles. The Morgan fingerprint density at radius 1 is 1.88 bits per heavy atom. The Morgan fingerprint density at radius 3 is 2.88 bits per heavy atom. The minimum atomic E-state index is -0.424. The van der Waals surface area contributed by atoms with Gasteiger partial charge in [0.25, 0.3) is 0 Å². The molecule has 1 heterocycles. The second kappa shape index (κ2) is 2.00. The van der Waals surface area contributed by atoms with Gasteiger partial charge in [0.05, 0.1) is 6.54 Å². The van der Waals surface area contributed by atoms with Gasteiger partial charge < -0.3 is 9.84 Å². The minimum absolute atomic E-state index is 0.237. The number of hydrogen-bond acceptors (Lipinski definition) is 3. The van der Waals surface area contributed by atoms with Gasteiger partial charge in [0, 0.05) is 0 Å². The first-order valence-electron chi connectivity index (χ1n) is 2.37. The highest BCUT2D eigenvalue weighted by Gasteiger charge is 2.19. The molecule has 0 aromatic carbocycles. The lowest BCUT2D eigenvalue weighted by Gasteiger charge is -2.04. The standard InChI is InChI=1S/C4H7NO3/c6-3-5-1-2-8-4(5)7/h6H,1-3H2. The monoisotopic (exact) mass is 117 g/mol. The summed E-state index contributed by atoms with van der Waals surface area (Å²) in [4.78, 5) is 11.6. The maximum Gasteiger partial charge on any atom is 0.411 e. The SMILES string of the molecule is O=C1OCCN1CO. The van der Waals surface area contributed by atoms with E-state index in [-0.39, 0.29) is 6.73 Å². The van der Waals surface area contributed by atoms with E-state index in [0.717, 1.165) is 0 Å². The molecule has 1 aliphatic rings. The maximum absolute atomic E-state index is 10.3. The Morgan fingerprint density at radius 2 is 2.62 bits per heavy atom. The van der Waals surface area contributed by atoms with Crippen LogP contribution in [0, 0.1) is 0 Å². The van der Waals surface area contributed by atoms with E-state index in [1.54, 1.807) is 0 Å². The number of rotatable bonds is 1. The van der Waals surface area contributed by atoms with Gasteiger partial charge in [0.1, 0.15) is 13.3 Å². The molecule has 0 saturated carbocycles. The average molecular weight is 117 g/mol. The molecule has 4 nitrogen and oxygen atoms in total. The minimum Gasteiger partial charge on any atom is -0.447 e. The largest absolute Gasteiger partial charge is 0.447 e. The number of hydrogen-bond donors (Lipinski definition) is 1. The van der Waals surface area contributed by atoms with E-state index in [1.807, 2.05) is 0 Å². The molecular formula is C4H7NO3. The summed E-state index contributed by atoms with van der Waals surface area (Å²) in [6.45, 7) is 0.674. The highest BCUT2D eigenvalue weighted by atomic mass is 16.6. The molecule has 0 bridgehead atoms. The van der Waals surface area contributed by atoms with Crippen LogP contribution in [0.2, 0.25) is 0 Å². The lowest BCUT2D eigenvalue weighted by Crippen LogP contribution is -2.24. The summed E-state index contributed by atoms with van der Waals surface area (Å²) in [6.07, 6.45) is -0.424. The van der Waals surface area contributed by atoms with Crippen LogP contribution in [0.4, 0.5) is 4.79 Å². The zero-order valence-corrected chi connectivity index (χ0v) is 4.33. The summed E-state index contributed by atoms with van der Waals surface area (Å²) >= 11 is 0. The lowest BCUT2D eigenvalue weighted by atomic mass is 10.7. The second-order valence-electron chi connectivity index (χ2n) is 1.52. The number of aliphatic hydroxyl groups excluding tert-OH is 1. The Labute approximate surface area is 46.7 Å². The van der Waals surface area contributed by atoms with Gasteiger partial charge in [-0.15, -0.1) is 0 Å². The van der Waals surface area contributed by atoms with Crippen molar-refractivity contribution < 1.29 is 14.6 Å². The van der Waals surface area contributed by atoms with Gasteiger partial charge in [-0.2, -0.15) is 0 Å². The predicted molar refractivity (Wildman–Crippen MR) is 25.1 cm³/mol. The second-order valence-corrected chi connectivity index (χ2v) is 1.52. The number of carbonyl (C=O) groups is 1. The first-order chi connectivity index (χ1) is 3.84. The van der Waals surface area contributed by atoms with Crippen molar-refractivity contribution in [2.24, 2.45) is 0 Å². The van der Waals surface area contributed by atoms with Gasteiger partial charge in [-0.1, -0.05) is 0 Å². The summed E-state index contributed by atoms with van der Waals surface area (Å²) < 4.78 is 4.48. The van der Waals surface area contributed by atoms with Crippen LogP contribution >= 0.6 is 0 Å². The van der Waals surface area contributed by atoms with E-state index < -0.39 is 6.09 Å². The van der Waals surface area contributed by atoms with E-state index in [2.05, 4.69) is 4.74 Å². The molecule has 46 valence electrons. The van der Waals surface area contributed by atoms with Crippen LogP contribution in [0.15, 0.2) is 0 Å². The Balaban J connectivity index is 2.42. The topological polar surface area (TPSA) is 49.8 Å². The molecule has 4 heteroatoms. The first-order valence-corrected chi connectivity index (χ1v) is 2.37. The Kier molecular flexibility index (Phi) is 1.34. The molecule has 0 atom stereocenters. The molecule has 0 aromatic heterocycles. The van der Waals surface area contributed by atoms with Crippen LogP contribution in [-0.2, 0) is 4.74 Å². The van der Waals surface area contributed by atoms with Crippen molar-refractivity contribution in [3.63, 3.8) is 0 Å². The van der Waals surface area contributed by atoms with Crippen molar-refractivity contribution in [3.8, 4) is 0 Å². The third-order valence-electron chi connectivity index (χ3n) is 1.02. The fourth-order valence-corrected chi connectivity index (χ4v) is 0.554. The van der Waals surface area contributed by atoms with Crippen LogP contribution in [0.5, 0.6) is 0 Å².